The van der Waals surface area contributed by atoms with Crippen molar-refractivity contribution >= 4 is 17.7 Å². The Morgan fingerprint density at radius 1 is 1.33 bits per heavy atom. The number of nitrogens with two attached hydrogens (primary N) is 1. The average molecular weight is 287 g/mol. The highest BCUT2D eigenvalue weighted by Crippen LogP contribution is 2.22. The number of nitrogens with one attached hydrogen (secondary N) is 2. The van der Waals surface area contributed by atoms with Crippen molar-refractivity contribution in [2.45, 2.75) is 13.0 Å². The molecule has 0 amide bonds. The van der Waals surface area contributed by atoms with Crippen LogP contribution in [0.5, 0.6) is 0 Å². The maximum Gasteiger partial charge on any atom is 0.333 e. The number of hydrogen-bond acceptors (Lipinski definition) is 7. The van der Waals surface area contributed by atoms with E-state index in [2.05, 4.69) is 20.7 Å². The summed E-state index contributed by atoms with van der Waals surface area (Å²) in [5, 5.41) is 3.07. The van der Waals surface area contributed by atoms with Crippen molar-refractivity contribution in [2.24, 2.45) is 5.84 Å². The van der Waals surface area contributed by atoms with Gasteiger partial charge in [0.1, 0.15) is 5.82 Å². The van der Waals surface area contributed by atoms with Gasteiger partial charge in [-0.1, -0.05) is 30.3 Å². The molecule has 0 fully saturated rings. The highest BCUT2D eigenvalue weighted by atomic mass is 16.5. The Hall–Kier alpha value is -2.67. The van der Waals surface area contributed by atoms with E-state index in [1.54, 1.807) is 6.20 Å². The molecule has 0 spiro atoms. The van der Waals surface area contributed by atoms with E-state index in [0.29, 0.717) is 5.82 Å². The van der Waals surface area contributed by atoms with Crippen molar-refractivity contribution in [3.05, 3.63) is 47.7 Å². The van der Waals surface area contributed by atoms with Gasteiger partial charge in [0.05, 0.1) is 7.11 Å². The van der Waals surface area contributed by atoms with Gasteiger partial charge < -0.3 is 10.1 Å². The van der Waals surface area contributed by atoms with E-state index in [1.165, 1.54) is 7.11 Å². The van der Waals surface area contributed by atoms with E-state index < -0.39 is 12.0 Å². The SMILES string of the molecule is COC(=O)C(Nc1nc(NN)ncc1C)c1ccccc1. The molecule has 1 heterocycles. The molecule has 0 aliphatic rings. The molecule has 0 radical (unpaired) electrons. The van der Waals surface area contributed by atoms with E-state index in [9.17, 15) is 4.79 Å². The van der Waals surface area contributed by atoms with Crippen LogP contribution >= 0.6 is 0 Å². The smallest absolute Gasteiger partial charge is 0.333 e. The van der Waals surface area contributed by atoms with Gasteiger partial charge in [-0.2, -0.15) is 4.98 Å². The quantitative estimate of drug-likeness (QED) is 0.434. The number of esters is 1. The summed E-state index contributed by atoms with van der Waals surface area (Å²) >= 11 is 0. The average Bonchev–Trinajstić information content (AvgIpc) is 2.54. The number of anilines is 2. The topological polar surface area (TPSA) is 102 Å². The van der Waals surface area contributed by atoms with Crippen LogP contribution in [0, 0.1) is 6.92 Å². The first kappa shape index (κ1) is 14.7. The van der Waals surface area contributed by atoms with Crippen LogP contribution in [-0.4, -0.2) is 23.0 Å². The summed E-state index contributed by atoms with van der Waals surface area (Å²) in [4.78, 5) is 20.2. The molecule has 0 aliphatic carbocycles. The van der Waals surface area contributed by atoms with Crippen LogP contribution in [0.4, 0.5) is 11.8 Å². The number of benzene rings is 1. The molecule has 1 atom stereocenters. The monoisotopic (exact) mass is 287 g/mol. The van der Waals surface area contributed by atoms with Gasteiger partial charge in [-0.25, -0.2) is 15.6 Å². The lowest BCUT2D eigenvalue weighted by Gasteiger charge is -2.18. The van der Waals surface area contributed by atoms with E-state index >= 15 is 0 Å². The Bertz CT molecular complexity index is 618. The summed E-state index contributed by atoms with van der Waals surface area (Å²) in [6.07, 6.45) is 1.61. The lowest BCUT2D eigenvalue weighted by Crippen LogP contribution is -2.23. The molecular weight excluding hydrogens is 270 g/mol. The fourth-order valence-corrected chi connectivity index (χ4v) is 1.84. The maximum atomic E-state index is 12.0. The number of carbonyl (C=O) groups excluding carboxylic acids is 1. The lowest BCUT2D eigenvalue weighted by molar-refractivity contribution is -0.141. The third kappa shape index (κ3) is 3.46. The molecule has 110 valence electrons. The zero-order valence-corrected chi connectivity index (χ0v) is 11.8. The van der Waals surface area contributed by atoms with Crippen molar-refractivity contribution in [3.63, 3.8) is 0 Å². The van der Waals surface area contributed by atoms with Gasteiger partial charge in [-0.15, -0.1) is 0 Å². The summed E-state index contributed by atoms with van der Waals surface area (Å²) in [6.45, 7) is 1.84. The highest BCUT2D eigenvalue weighted by Gasteiger charge is 2.22. The molecule has 4 N–H and O–H groups in total. The minimum atomic E-state index is -0.657. The minimum Gasteiger partial charge on any atom is -0.467 e. The Labute approximate surface area is 122 Å². The Balaban J connectivity index is 2.34. The predicted octanol–water partition coefficient (Wildman–Crippen LogP) is 1.40. The molecule has 0 aliphatic heterocycles. The van der Waals surface area contributed by atoms with Crippen LogP contribution in [0.25, 0.3) is 0 Å². The van der Waals surface area contributed by atoms with Crippen molar-refractivity contribution in [2.75, 3.05) is 17.9 Å². The first-order chi connectivity index (χ1) is 10.2. The van der Waals surface area contributed by atoms with Crippen LogP contribution in [0.2, 0.25) is 0 Å². The van der Waals surface area contributed by atoms with Crippen LogP contribution in [-0.2, 0) is 9.53 Å². The largest absolute Gasteiger partial charge is 0.467 e. The first-order valence-electron chi connectivity index (χ1n) is 6.35. The van der Waals surface area contributed by atoms with Crippen molar-refractivity contribution < 1.29 is 9.53 Å². The maximum absolute atomic E-state index is 12.0. The van der Waals surface area contributed by atoms with Gasteiger partial charge in [0.15, 0.2) is 6.04 Å². The number of aryl methyl sites for hydroxylation is 1. The number of nitrogen functional groups attached to an aromatic ring is 1. The van der Waals surface area contributed by atoms with E-state index in [4.69, 9.17) is 10.6 Å². The summed E-state index contributed by atoms with van der Waals surface area (Å²) in [5.41, 5.74) is 3.95. The van der Waals surface area contributed by atoms with Gasteiger partial charge in [0, 0.05) is 11.8 Å². The van der Waals surface area contributed by atoms with Crippen molar-refractivity contribution in [1.82, 2.24) is 9.97 Å². The molecule has 7 heteroatoms. The van der Waals surface area contributed by atoms with Gasteiger partial charge in [-0.05, 0) is 12.5 Å². The number of nitrogens with zero attached hydrogens (tertiary/aromatic N) is 2. The van der Waals surface area contributed by atoms with Gasteiger partial charge >= 0.3 is 5.97 Å². The van der Waals surface area contributed by atoms with Crippen LogP contribution in [0.1, 0.15) is 17.2 Å². The molecule has 1 aromatic heterocycles. The van der Waals surface area contributed by atoms with Crippen LogP contribution in [0.3, 0.4) is 0 Å². The highest BCUT2D eigenvalue weighted by molar-refractivity contribution is 5.81. The zero-order valence-electron chi connectivity index (χ0n) is 11.8. The molecule has 1 aromatic carbocycles. The second-order valence-corrected chi connectivity index (χ2v) is 4.38. The summed E-state index contributed by atoms with van der Waals surface area (Å²) in [7, 11) is 1.35. The van der Waals surface area contributed by atoms with Gasteiger partial charge in [0.25, 0.3) is 0 Å². The zero-order chi connectivity index (χ0) is 15.2. The fraction of sp³-hybridized carbons (Fsp3) is 0.214. The molecule has 1 unspecified atom stereocenters. The van der Waals surface area contributed by atoms with Gasteiger partial charge in [0.2, 0.25) is 5.95 Å². The number of methoxy groups -OCH3 is 1. The number of hydrazine groups is 1. The number of hydrogen-bond donors (Lipinski definition) is 3. The van der Waals surface area contributed by atoms with E-state index in [0.717, 1.165) is 11.1 Å². The molecule has 21 heavy (non-hydrogen) atoms. The molecule has 7 nitrogen and oxygen atoms in total. The minimum absolute atomic E-state index is 0.264. The second-order valence-electron chi connectivity index (χ2n) is 4.38. The number of ether oxygens (including phenoxy) is 1. The lowest BCUT2D eigenvalue weighted by atomic mass is 10.1. The molecular formula is C14H17N5O2. The number of aromatic nitrogens is 2. The van der Waals surface area contributed by atoms with Gasteiger partial charge in [-0.3, -0.25) is 5.43 Å². The fourth-order valence-electron chi connectivity index (χ4n) is 1.84. The molecule has 0 bridgehead atoms. The molecule has 0 saturated carbocycles. The van der Waals surface area contributed by atoms with Crippen LogP contribution < -0.4 is 16.6 Å². The summed E-state index contributed by atoms with van der Waals surface area (Å²) in [6, 6.07) is 8.61. The summed E-state index contributed by atoms with van der Waals surface area (Å²) in [5.74, 6) is 5.68. The normalized spacial score (nSPS) is 11.6. The molecule has 2 rings (SSSR count). The Kier molecular flexibility index (Phi) is 4.68. The van der Waals surface area contributed by atoms with Crippen molar-refractivity contribution in [1.29, 1.82) is 0 Å². The second kappa shape index (κ2) is 6.67. The standard InChI is InChI=1S/C14H17N5O2/c1-9-8-16-14(19-15)18-12(9)17-11(13(20)21-2)10-6-4-3-5-7-10/h3-8,11H,15H2,1-2H3,(H2,16,17,18,19). The predicted molar refractivity (Wildman–Crippen MR) is 79.4 cm³/mol. The number of carbonyl (C=O) groups is 1. The molecule has 2 aromatic rings. The third-order valence-electron chi connectivity index (χ3n) is 2.95. The Morgan fingerprint density at radius 3 is 2.67 bits per heavy atom. The third-order valence-corrected chi connectivity index (χ3v) is 2.95. The van der Waals surface area contributed by atoms with E-state index in [1.807, 2.05) is 37.3 Å². The van der Waals surface area contributed by atoms with Crippen molar-refractivity contribution in [3.8, 4) is 0 Å². The number of rotatable bonds is 5. The summed E-state index contributed by atoms with van der Waals surface area (Å²) < 4.78 is 4.85. The van der Waals surface area contributed by atoms with Crippen LogP contribution in [0.15, 0.2) is 36.5 Å². The Morgan fingerprint density at radius 2 is 2.05 bits per heavy atom. The van der Waals surface area contributed by atoms with E-state index in [-0.39, 0.29) is 5.95 Å². The molecule has 0 saturated heterocycles. The first-order valence-corrected chi connectivity index (χ1v) is 6.35.